The molecule has 250 valence electrons. The SMILES string of the molecule is COc1ccc(COc2nc(Nc3ccc(OC)c4c3C(=O)c3ccccc3C4=O)nc(OCc3ccc(OC)c(OC)c3)n2)cc1OC. The number of fused-ring (bicyclic) bond motifs is 2. The summed E-state index contributed by atoms with van der Waals surface area (Å²) in [5, 5.41) is 3.09. The molecule has 0 fully saturated rings. The molecule has 5 aromatic rings. The van der Waals surface area contributed by atoms with E-state index in [4.69, 9.17) is 33.2 Å². The molecule has 0 amide bonds. The van der Waals surface area contributed by atoms with Crippen molar-refractivity contribution in [3.05, 3.63) is 106 Å². The number of nitrogens with one attached hydrogen (secondary N) is 1. The van der Waals surface area contributed by atoms with Crippen LogP contribution in [0.2, 0.25) is 0 Å². The molecule has 0 atom stereocenters. The first-order valence-electron chi connectivity index (χ1n) is 15.0. The number of benzene rings is 4. The minimum atomic E-state index is -0.351. The van der Waals surface area contributed by atoms with Crippen LogP contribution in [0, 0.1) is 0 Å². The van der Waals surface area contributed by atoms with Gasteiger partial charge in [0.2, 0.25) is 5.95 Å². The van der Waals surface area contributed by atoms with Crippen LogP contribution in [-0.4, -0.2) is 62.1 Å². The van der Waals surface area contributed by atoms with E-state index in [1.807, 2.05) is 12.1 Å². The Labute approximate surface area is 281 Å². The van der Waals surface area contributed by atoms with E-state index in [0.717, 1.165) is 11.1 Å². The highest BCUT2D eigenvalue weighted by Crippen LogP contribution is 2.38. The minimum absolute atomic E-state index is 0.00565. The Kier molecular flexibility index (Phi) is 9.42. The maximum Gasteiger partial charge on any atom is 0.324 e. The number of hydrogen-bond donors (Lipinski definition) is 1. The Morgan fingerprint density at radius 3 is 1.49 bits per heavy atom. The summed E-state index contributed by atoms with van der Waals surface area (Å²) in [5.74, 6) is 1.79. The van der Waals surface area contributed by atoms with Crippen LogP contribution in [0.3, 0.4) is 0 Å². The van der Waals surface area contributed by atoms with Crippen LogP contribution in [0.5, 0.6) is 40.8 Å². The molecule has 0 aliphatic heterocycles. The second-order valence-electron chi connectivity index (χ2n) is 10.6. The molecule has 1 N–H and O–H groups in total. The van der Waals surface area contributed by atoms with E-state index in [0.29, 0.717) is 28.6 Å². The van der Waals surface area contributed by atoms with Gasteiger partial charge in [0, 0.05) is 11.1 Å². The molecule has 0 bridgehead atoms. The normalized spacial score (nSPS) is 11.6. The zero-order chi connectivity index (χ0) is 34.5. The number of carbonyl (C=O) groups is 2. The molecule has 0 unspecified atom stereocenters. The van der Waals surface area contributed by atoms with Crippen LogP contribution in [0.4, 0.5) is 11.6 Å². The first-order chi connectivity index (χ1) is 23.9. The molecule has 1 heterocycles. The third-order valence-electron chi connectivity index (χ3n) is 7.73. The summed E-state index contributed by atoms with van der Waals surface area (Å²) >= 11 is 0. The van der Waals surface area contributed by atoms with E-state index in [9.17, 15) is 9.59 Å². The Morgan fingerprint density at radius 1 is 0.531 bits per heavy atom. The summed E-state index contributed by atoms with van der Waals surface area (Å²) < 4.78 is 38.9. The molecule has 0 radical (unpaired) electrons. The number of carbonyl (C=O) groups excluding carboxylic acids is 2. The molecule has 1 aromatic heterocycles. The maximum atomic E-state index is 13.8. The average molecular weight is 665 g/mol. The van der Waals surface area contributed by atoms with Gasteiger partial charge in [-0.1, -0.05) is 36.4 Å². The summed E-state index contributed by atoms with van der Waals surface area (Å²) in [7, 11) is 7.64. The predicted octanol–water partition coefficient (Wildman–Crippen LogP) is 5.59. The first kappa shape index (κ1) is 32.6. The fraction of sp³-hybridized carbons (Fsp3) is 0.194. The highest BCUT2D eigenvalue weighted by atomic mass is 16.5. The number of ether oxygens (including phenoxy) is 7. The Morgan fingerprint density at radius 2 is 1.00 bits per heavy atom. The number of hydrogen-bond acceptors (Lipinski definition) is 13. The smallest absolute Gasteiger partial charge is 0.324 e. The third kappa shape index (κ3) is 6.59. The number of ketones is 2. The lowest BCUT2D eigenvalue weighted by Crippen LogP contribution is -2.23. The van der Waals surface area contributed by atoms with Gasteiger partial charge in [-0.05, 0) is 47.5 Å². The minimum Gasteiger partial charge on any atom is -0.496 e. The summed E-state index contributed by atoms with van der Waals surface area (Å²) in [5.41, 5.74) is 2.65. The fourth-order valence-corrected chi connectivity index (χ4v) is 5.35. The van der Waals surface area contributed by atoms with Gasteiger partial charge in [-0.15, -0.1) is 4.98 Å². The third-order valence-corrected chi connectivity index (χ3v) is 7.73. The number of anilines is 2. The van der Waals surface area contributed by atoms with Gasteiger partial charge in [0.05, 0.1) is 52.4 Å². The van der Waals surface area contributed by atoms with Crippen molar-refractivity contribution >= 4 is 23.2 Å². The van der Waals surface area contributed by atoms with Crippen LogP contribution in [0.25, 0.3) is 0 Å². The summed E-state index contributed by atoms with van der Waals surface area (Å²) in [6, 6.07) is 20.5. The second kappa shape index (κ2) is 14.2. The van der Waals surface area contributed by atoms with Crippen LogP contribution < -0.4 is 38.5 Å². The standard InChI is InChI=1S/C36H32N4O9/c1-43-25-13-10-20(16-28(25)46-4)18-48-35-38-34(39-36(40-35)49-19-21-11-14-26(44-2)29(17-21)47-5)37-24-12-15-27(45-3)31-30(24)32(41)22-8-6-7-9-23(22)33(31)42/h6-17H,18-19H2,1-5H3,(H,37,38,39,40). The lowest BCUT2D eigenvalue weighted by Gasteiger charge is -2.22. The molecule has 0 saturated heterocycles. The topological polar surface area (TPSA) is 149 Å². The van der Waals surface area contributed by atoms with E-state index in [1.54, 1.807) is 89.1 Å². The Balaban J connectivity index is 1.34. The molecular formula is C36H32N4O9. The predicted molar refractivity (Wildman–Crippen MR) is 177 cm³/mol. The molecule has 13 nitrogen and oxygen atoms in total. The monoisotopic (exact) mass is 664 g/mol. The Hall–Kier alpha value is -6.37. The summed E-state index contributed by atoms with van der Waals surface area (Å²) in [4.78, 5) is 40.6. The molecule has 4 aromatic carbocycles. The maximum absolute atomic E-state index is 13.8. The van der Waals surface area contributed by atoms with Crippen LogP contribution >= 0.6 is 0 Å². The fourth-order valence-electron chi connectivity index (χ4n) is 5.35. The van der Waals surface area contributed by atoms with E-state index in [1.165, 1.54) is 7.11 Å². The van der Waals surface area contributed by atoms with Crippen LogP contribution in [0.15, 0.2) is 72.8 Å². The molecule has 0 saturated carbocycles. The lowest BCUT2D eigenvalue weighted by molar-refractivity contribution is 0.0977. The van der Waals surface area contributed by atoms with E-state index >= 15 is 0 Å². The molecule has 1 aliphatic rings. The largest absolute Gasteiger partial charge is 0.496 e. The highest BCUT2D eigenvalue weighted by molar-refractivity contribution is 6.31. The zero-order valence-corrected chi connectivity index (χ0v) is 27.4. The van der Waals surface area contributed by atoms with Gasteiger partial charge in [0.1, 0.15) is 19.0 Å². The lowest BCUT2D eigenvalue weighted by atomic mass is 9.82. The van der Waals surface area contributed by atoms with Crippen molar-refractivity contribution in [1.29, 1.82) is 0 Å². The molecule has 13 heteroatoms. The molecule has 1 aliphatic carbocycles. The van der Waals surface area contributed by atoms with Crippen molar-refractivity contribution in [2.45, 2.75) is 13.2 Å². The van der Waals surface area contributed by atoms with Gasteiger partial charge in [-0.2, -0.15) is 9.97 Å². The van der Waals surface area contributed by atoms with Gasteiger partial charge in [0.15, 0.2) is 34.6 Å². The van der Waals surface area contributed by atoms with Gasteiger partial charge in [-0.25, -0.2) is 0 Å². The van der Waals surface area contributed by atoms with E-state index < -0.39 is 0 Å². The number of aromatic nitrogens is 3. The molecule has 6 rings (SSSR count). The van der Waals surface area contributed by atoms with Crippen molar-refractivity contribution in [2.24, 2.45) is 0 Å². The van der Waals surface area contributed by atoms with Gasteiger partial charge < -0.3 is 38.5 Å². The molecule has 49 heavy (non-hydrogen) atoms. The van der Waals surface area contributed by atoms with Crippen molar-refractivity contribution in [1.82, 2.24) is 15.0 Å². The zero-order valence-electron chi connectivity index (χ0n) is 27.4. The van der Waals surface area contributed by atoms with E-state index in [2.05, 4.69) is 20.3 Å². The van der Waals surface area contributed by atoms with Gasteiger partial charge in [-0.3, -0.25) is 9.59 Å². The van der Waals surface area contributed by atoms with Crippen molar-refractivity contribution in [2.75, 3.05) is 40.9 Å². The number of methoxy groups -OCH3 is 5. The van der Waals surface area contributed by atoms with Crippen LogP contribution in [0.1, 0.15) is 43.0 Å². The van der Waals surface area contributed by atoms with Gasteiger partial charge in [0.25, 0.3) is 0 Å². The number of rotatable bonds is 13. The highest BCUT2D eigenvalue weighted by Gasteiger charge is 2.34. The van der Waals surface area contributed by atoms with Crippen molar-refractivity contribution in [3.63, 3.8) is 0 Å². The van der Waals surface area contributed by atoms with E-state index in [-0.39, 0.29) is 70.9 Å². The van der Waals surface area contributed by atoms with Crippen molar-refractivity contribution < 1.29 is 42.7 Å². The summed E-state index contributed by atoms with van der Waals surface area (Å²) in [6.07, 6.45) is 0. The summed E-state index contributed by atoms with van der Waals surface area (Å²) in [6.45, 7) is 0.140. The number of nitrogens with zero attached hydrogens (tertiary/aromatic N) is 3. The Bertz CT molecular complexity index is 1970. The quantitative estimate of drug-likeness (QED) is 0.164. The molecule has 0 spiro atoms. The van der Waals surface area contributed by atoms with Gasteiger partial charge >= 0.3 is 12.0 Å². The van der Waals surface area contributed by atoms with Crippen LogP contribution in [-0.2, 0) is 13.2 Å². The van der Waals surface area contributed by atoms with Crippen molar-refractivity contribution in [3.8, 4) is 40.8 Å². The molecular weight excluding hydrogens is 632 g/mol. The second-order valence-corrected chi connectivity index (χ2v) is 10.6. The first-order valence-corrected chi connectivity index (χ1v) is 15.0. The average Bonchev–Trinajstić information content (AvgIpc) is 3.14.